The van der Waals surface area contributed by atoms with Crippen molar-refractivity contribution in [2.45, 2.75) is 18.3 Å². The summed E-state index contributed by atoms with van der Waals surface area (Å²) in [6.45, 7) is 2.79. The van der Waals surface area contributed by atoms with E-state index in [2.05, 4.69) is 0 Å². The fraction of sp³-hybridized carbons (Fsp3) is 0.231. The van der Waals surface area contributed by atoms with E-state index in [1.807, 2.05) is 49.4 Å². The summed E-state index contributed by atoms with van der Waals surface area (Å²) in [6.07, 6.45) is 0. The zero-order valence-electron chi connectivity index (χ0n) is 18.4. The summed E-state index contributed by atoms with van der Waals surface area (Å²) >= 11 is 1.48. The molecule has 7 heteroatoms. The van der Waals surface area contributed by atoms with Crippen LogP contribution in [0.25, 0.3) is 0 Å². The van der Waals surface area contributed by atoms with Gasteiger partial charge in [0.1, 0.15) is 11.6 Å². The van der Waals surface area contributed by atoms with Gasteiger partial charge in [-0.2, -0.15) is 0 Å². The van der Waals surface area contributed by atoms with E-state index in [0.717, 1.165) is 28.1 Å². The SMILES string of the molecule is COc1cccc(CN2C(=O)C3(SCCN3C(=O)c3ccc(F)cc3)c3cc(C)ccc32)c1. The van der Waals surface area contributed by atoms with E-state index in [1.54, 1.807) is 16.9 Å². The second-order valence-corrected chi connectivity index (χ2v) is 9.51. The van der Waals surface area contributed by atoms with Gasteiger partial charge in [-0.05, 0) is 55.0 Å². The van der Waals surface area contributed by atoms with Crippen molar-refractivity contribution in [2.24, 2.45) is 0 Å². The van der Waals surface area contributed by atoms with Gasteiger partial charge >= 0.3 is 0 Å². The van der Waals surface area contributed by atoms with Crippen LogP contribution in [0.5, 0.6) is 5.75 Å². The number of hydrogen-bond acceptors (Lipinski definition) is 4. The van der Waals surface area contributed by atoms with Gasteiger partial charge in [0.05, 0.1) is 19.3 Å². The number of methoxy groups -OCH3 is 1. The first kappa shape index (κ1) is 21.5. The number of fused-ring (bicyclic) bond motifs is 2. The highest BCUT2D eigenvalue weighted by molar-refractivity contribution is 8.01. The van der Waals surface area contributed by atoms with E-state index in [4.69, 9.17) is 4.74 Å². The molecule has 1 saturated heterocycles. The molecule has 1 atom stereocenters. The molecule has 3 aromatic rings. The molecule has 1 fully saturated rings. The van der Waals surface area contributed by atoms with Crippen LogP contribution < -0.4 is 9.64 Å². The molecule has 0 aliphatic carbocycles. The van der Waals surface area contributed by atoms with E-state index in [9.17, 15) is 14.0 Å². The Balaban J connectivity index is 1.58. The van der Waals surface area contributed by atoms with E-state index in [-0.39, 0.29) is 11.8 Å². The van der Waals surface area contributed by atoms with Gasteiger partial charge in [-0.15, -0.1) is 11.8 Å². The molecule has 0 aromatic heterocycles. The largest absolute Gasteiger partial charge is 0.497 e. The van der Waals surface area contributed by atoms with Gasteiger partial charge in [0, 0.05) is 23.4 Å². The summed E-state index contributed by atoms with van der Waals surface area (Å²) in [5.41, 5.74) is 3.95. The first-order valence-electron chi connectivity index (χ1n) is 10.7. The summed E-state index contributed by atoms with van der Waals surface area (Å²) in [4.78, 5) is 29.9. The molecular weight excluding hydrogens is 439 g/mol. The van der Waals surface area contributed by atoms with Gasteiger partial charge in [-0.3, -0.25) is 9.59 Å². The van der Waals surface area contributed by atoms with Gasteiger partial charge in [0.25, 0.3) is 11.8 Å². The van der Waals surface area contributed by atoms with Crippen LogP contribution >= 0.6 is 11.8 Å². The fourth-order valence-electron chi connectivity index (χ4n) is 4.59. The van der Waals surface area contributed by atoms with E-state index in [1.165, 1.54) is 36.0 Å². The number of hydrogen-bond donors (Lipinski definition) is 0. The van der Waals surface area contributed by atoms with Crippen molar-refractivity contribution in [3.05, 3.63) is 94.8 Å². The third-order valence-corrected chi connectivity index (χ3v) is 7.58. The van der Waals surface area contributed by atoms with E-state index >= 15 is 0 Å². The predicted octanol–water partition coefficient (Wildman–Crippen LogP) is 4.73. The average molecular weight is 463 g/mol. The van der Waals surface area contributed by atoms with Gasteiger partial charge in [-0.1, -0.05) is 29.8 Å². The molecule has 2 amide bonds. The van der Waals surface area contributed by atoms with Crippen LogP contribution in [0.3, 0.4) is 0 Å². The van der Waals surface area contributed by atoms with Crippen molar-refractivity contribution in [3.63, 3.8) is 0 Å². The summed E-state index contributed by atoms with van der Waals surface area (Å²) in [5.74, 6) is 0.549. The zero-order valence-corrected chi connectivity index (χ0v) is 19.2. The van der Waals surface area contributed by atoms with Gasteiger partial charge in [-0.25, -0.2) is 4.39 Å². The number of carbonyl (C=O) groups is 2. The van der Waals surface area contributed by atoms with Crippen molar-refractivity contribution in [1.82, 2.24) is 4.90 Å². The molecule has 0 N–H and O–H groups in total. The Hall–Kier alpha value is -3.32. The average Bonchev–Trinajstić information content (AvgIpc) is 3.36. The molecule has 33 heavy (non-hydrogen) atoms. The summed E-state index contributed by atoms with van der Waals surface area (Å²) < 4.78 is 18.8. The maximum atomic E-state index is 14.1. The first-order valence-corrected chi connectivity index (χ1v) is 11.7. The number of halogens is 1. The molecule has 3 aromatic carbocycles. The van der Waals surface area contributed by atoms with Crippen molar-refractivity contribution in [1.29, 1.82) is 0 Å². The molecule has 168 valence electrons. The molecule has 5 rings (SSSR count). The lowest BCUT2D eigenvalue weighted by atomic mass is 10.0. The summed E-state index contributed by atoms with van der Waals surface area (Å²) in [7, 11) is 1.61. The Bertz CT molecular complexity index is 1250. The highest BCUT2D eigenvalue weighted by Gasteiger charge is 2.59. The minimum atomic E-state index is -1.13. The lowest BCUT2D eigenvalue weighted by molar-refractivity contribution is -0.123. The van der Waals surface area contributed by atoms with Gasteiger partial charge in [0.2, 0.25) is 0 Å². The molecule has 0 saturated carbocycles. The highest BCUT2D eigenvalue weighted by Crippen LogP contribution is 2.55. The highest BCUT2D eigenvalue weighted by atomic mass is 32.2. The number of nitrogens with zero attached hydrogens (tertiary/aromatic N) is 2. The number of amides is 2. The minimum absolute atomic E-state index is 0.135. The van der Waals surface area contributed by atoms with E-state index in [0.29, 0.717) is 24.4 Å². The van der Waals surface area contributed by atoms with Crippen LogP contribution in [0, 0.1) is 12.7 Å². The smallest absolute Gasteiger partial charge is 0.268 e. The fourth-order valence-corrected chi connectivity index (χ4v) is 6.04. The minimum Gasteiger partial charge on any atom is -0.497 e. The Kier molecular flexibility index (Phi) is 5.37. The molecule has 2 aliphatic rings. The zero-order chi connectivity index (χ0) is 23.2. The second-order valence-electron chi connectivity index (χ2n) is 8.22. The lowest BCUT2D eigenvalue weighted by Crippen LogP contribution is -2.50. The number of carbonyl (C=O) groups excluding carboxylic acids is 2. The molecule has 2 aliphatic heterocycles. The molecule has 2 heterocycles. The van der Waals surface area contributed by atoms with Crippen molar-refractivity contribution in [2.75, 3.05) is 24.3 Å². The normalized spacial score (nSPS) is 19.3. The third-order valence-electron chi connectivity index (χ3n) is 6.16. The quantitative estimate of drug-likeness (QED) is 0.563. The van der Waals surface area contributed by atoms with Crippen LogP contribution in [-0.2, 0) is 16.2 Å². The number of rotatable bonds is 4. The molecule has 1 unspecified atom stereocenters. The first-order chi connectivity index (χ1) is 15.9. The van der Waals surface area contributed by atoms with Crippen molar-refractivity contribution < 1.29 is 18.7 Å². The molecule has 0 radical (unpaired) electrons. The topological polar surface area (TPSA) is 49.9 Å². The van der Waals surface area contributed by atoms with Crippen molar-refractivity contribution >= 4 is 29.3 Å². The van der Waals surface area contributed by atoms with Gasteiger partial charge < -0.3 is 14.5 Å². The number of ether oxygens (including phenoxy) is 1. The molecular formula is C26H23FN2O3S. The summed E-state index contributed by atoms with van der Waals surface area (Å²) in [6, 6.07) is 19.1. The maximum Gasteiger partial charge on any atom is 0.268 e. The predicted molar refractivity (Wildman–Crippen MR) is 127 cm³/mol. The second kappa shape index (κ2) is 8.23. The van der Waals surface area contributed by atoms with Crippen LogP contribution in [0.2, 0.25) is 0 Å². The Morgan fingerprint density at radius 1 is 1.12 bits per heavy atom. The number of benzene rings is 3. The molecule has 0 bridgehead atoms. The molecule has 5 nitrogen and oxygen atoms in total. The lowest BCUT2D eigenvalue weighted by Gasteiger charge is -2.33. The number of thioether (sulfide) groups is 1. The Morgan fingerprint density at radius 3 is 2.67 bits per heavy atom. The third kappa shape index (κ3) is 3.47. The van der Waals surface area contributed by atoms with E-state index < -0.39 is 10.7 Å². The van der Waals surface area contributed by atoms with Gasteiger partial charge in [0.15, 0.2) is 4.87 Å². The van der Waals surface area contributed by atoms with Crippen LogP contribution in [-0.4, -0.2) is 36.1 Å². The monoisotopic (exact) mass is 462 g/mol. The standard InChI is InChI=1S/C26H23FN2O3S/c1-17-6-11-23-22(14-17)26(25(31)28(23)16-18-4-3-5-21(15-18)32-2)29(12-13-33-26)24(30)19-7-9-20(27)10-8-19/h3-11,14-15H,12-13,16H2,1-2H3. The molecule has 1 spiro atoms. The van der Waals surface area contributed by atoms with Crippen LogP contribution in [0.4, 0.5) is 10.1 Å². The van der Waals surface area contributed by atoms with Crippen LogP contribution in [0.1, 0.15) is 27.0 Å². The summed E-state index contributed by atoms with van der Waals surface area (Å²) in [5, 5.41) is 0. The van der Waals surface area contributed by atoms with Crippen LogP contribution in [0.15, 0.2) is 66.7 Å². The van der Waals surface area contributed by atoms with Crippen molar-refractivity contribution in [3.8, 4) is 5.75 Å². The number of anilines is 1. The maximum absolute atomic E-state index is 14.1. The number of aryl methyl sites for hydroxylation is 1. The Morgan fingerprint density at radius 2 is 1.91 bits per heavy atom. The Labute approximate surface area is 196 Å².